The van der Waals surface area contributed by atoms with Crippen LogP contribution in [0.2, 0.25) is 0 Å². The number of hydrogen-bond acceptors (Lipinski definition) is 5. The summed E-state index contributed by atoms with van der Waals surface area (Å²) in [5, 5.41) is 15.2. The number of aliphatic hydroxyl groups excluding tert-OH is 1. The van der Waals surface area contributed by atoms with Crippen molar-refractivity contribution in [3.05, 3.63) is 44.6 Å². The highest BCUT2D eigenvalue weighted by Crippen LogP contribution is 2.30. The van der Waals surface area contributed by atoms with E-state index in [0.29, 0.717) is 36.5 Å². The summed E-state index contributed by atoms with van der Waals surface area (Å²) in [5.41, 5.74) is 1.78. The van der Waals surface area contributed by atoms with Crippen molar-refractivity contribution in [1.29, 1.82) is 0 Å². The molecule has 2 aromatic heterocycles. The van der Waals surface area contributed by atoms with E-state index in [1.54, 1.807) is 18.5 Å². The highest BCUT2D eigenvalue weighted by Gasteiger charge is 2.21. The van der Waals surface area contributed by atoms with Gasteiger partial charge >= 0.3 is 0 Å². The minimum absolute atomic E-state index is 0. The van der Waals surface area contributed by atoms with Gasteiger partial charge in [0, 0.05) is 39.7 Å². The van der Waals surface area contributed by atoms with Crippen molar-refractivity contribution in [2.45, 2.75) is 45.6 Å². The number of amides is 2. The van der Waals surface area contributed by atoms with E-state index in [4.69, 9.17) is 0 Å². The van der Waals surface area contributed by atoms with Gasteiger partial charge in [-0.15, -0.1) is 0 Å². The highest BCUT2D eigenvalue weighted by atomic mass is 79.9. The molecule has 0 spiro atoms. The molecular weight excluding hydrogens is 492 g/mol. The predicted octanol–water partition coefficient (Wildman–Crippen LogP) is 4.36. The van der Waals surface area contributed by atoms with Gasteiger partial charge in [-0.3, -0.25) is 9.59 Å². The maximum absolute atomic E-state index is 11.2. The van der Waals surface area contributed by atoms with Crippen LogP contribution >= 0.6 is 31.9 Å². The van der Waals surface area contributed by atoms with E-state index in [1.165, 1.54) is 0 Å². The van der Waals surface area contributed by atoms with Crippen molar-refractivity contribution >= 4 is 55.3 Å². The molecule has 2 aliphatic heterocycles. The number of aliphatic hydroxyl groups is 1. The monoisotopic (exact) mass is 512 g/mol. The molecule has 0 radical (unpaired) electrons. The molecule has 28 heavy (non-hydrogen) atoms. The highest BCUT2D eigenvalue weighted by molar-refractivity contribution is 9.10. The number of aryl methyl sites for hydroxylation is 1. The molecule has 2 amide bonds. The first kappa shape index (κ1) is 22.4. The number of carbonyl (C=O) groups excluding carboxylic acids is 2. The minimum atomic E-state index is -0.617. The van der Waals surface area contributed by atoms with Crippen molar-refractivity contribution in [1.82, 2.24) is 9.97 Å². The minimum Gasteiger partial charge on any atom is -0.388 e. The molecule has 4 heterocycles. The normalized spacial score (nSPS) is 17.9. The van der Waals surface area contributed by atoms with Crippen LogP contribution in [-0.4, -0.2) is 26.9 Å². The lowest BCUT2D eigenvalue weighted by atomic mass is 10.1. The fraction of sp³-hybridized carbons (Fsp3) is 0.368. The molecule has 2 aromatic rings. The summed E-state index contributed by atoms with van der Waals surface area (Å²) in [6.45, 7) is 0. The summed E-state index contributed by atoms with van der Waals surface area (Å²) in [6, 6.07) is 3.78. The molecular formula is C19H22Br2N4O3. The first-order chi connectivity index (χ1) is 12.9. The zero-order valence-corrected chi connectivity index (χ0v) is 17.5. The molecule has 150 valence electrons. The molecule has 3 N–H and O–H groups in total. The SMILES string of the molecule is C.O=C1CCC(O)c2cc(Br)cnc2N1.O=C1CCCc2cc(Br)cnc2N1. The molecule has 9 heteroatoms. The molecule has 0 bridgehead atoms. The maximum atomic E-state index is 11.2. The number of fused-ring (bicyclic) bond motifs is 2. The fourth-order valence-electron chi connectivity index (χ4n) is 2.85. The van der Waals surface area contributed by atoms with Gasteiger partial charge in [0.1, 0.15) is 11.6 Å². The Kier molecular flexibility index (Phi) is 8.09. The van der Waals surface area contributed by atoms with Crippen molar-refractivity contribution in [2.24, 2.45) is 0 Å². The Morgan fingerprint density at radius 1 is 0.929 bits per heavy atom. The van der Waals surface area contributed by atoms with Gasteiger partial charge in [0.25, 0.3) is 0 Å². The third kappa shape index (κ3) is 5.83. The van der Waals surface area contributed by atoms with Gasteiger partial charge in [-0.05, 0) is 68.8 Å². The van der Waals surface area contributed by atoms with Gasteiger partial charge in [0.05, 0.1) is 6.10 Å². The predicted molar refractivity (Wildman–Crippen MR) is 115 cm³/mol. The number of nitrogens with zero attached hydrogens (tertiary/aromatic N) is 2. The molecule has 0 fully saturated rings. The lowest BCUT2D eigenvalue weighted by Crippen LogP contribution is -2.10. The van der Waals surface area contributed by atoms with Crippen LogP contribution in [0.15, 0.2) is 33.5 Å². The largest absolute Gasteiger partial charge is 0.388 e. The first-order valence-corrected chi connectivity index (χ1v) is 10.1. The van der Waals surface area contributed by atoms with Crippen LogP contribution in [0.1, 0.15) is 50.3 Å². The number of aromatic nitrogens is 2. The Bertz CT molecular complexity index is 876. The molecule has 1 atom stereocenters. The van der Waals surface area contributed by atoms with E-state index in [1.807, 2.05) is 6.07 Å². The molecule has 0 saturated heterocycles. The quantitative estimate of drug-likeness (QED) is 0.485. The Morgan fingerprint density at radius 2 is 1.54 bits per heavy atom. The number of halogens is 2. The maximum Gasteiger partial charge on any atom is 0.225 e. The van der Waals surface area contributed by atoms with Crippen LogP contribution < -0.4 is 10.6 Å². The Balaban J connectivity index is 0.000000194. The average Bonchev–Trinajstić information content (AvgIpc) is 2.89. The van der Waals surface area contributed by atoms with E-state index in [2.05, 4.69) is 52.5 Å². The fourth-order valence-corrected chi connectivity index (χ4v) is 3.58. The molecule has 1 unspecified atom stereocenters. The Labute approximate surface area is 180 Å². The second-order valence-corrected chi connectivity index (χ2v) is 8.09. The summed E-state index contributed by atoms with van der Waals surface area (Å²) >= 11 is 6.63. The second kappa shape index (κ2) is 10.1. The van der Waals surface area contributed by atoms with E-state index in [0.717, 1.165) is 27.4 Å². The van der Waals surface area contributed by atoms with E-state index >= 15 is 0 Å². The average molecular weight is 514 g/mol. The molecule has 0 aliphatic carbocycles. The summed E-state index contributed by atoms with van der Waals surface area (Å²) in [6.07, 6.45) is 5.85. The van der Waals surface area contributed by atoms with Crippen LogP contribution in [0.3, 0.4) is 0 Å². The number of hydrogen-bond donors (Lipinski definition) is 3. The third-order valence-corrected chi connectivity index (χ3v) is 5.05. The topological polar surface area (TPSA) is 104 Å². The first-order valence-electron chi connectivity index (χ1n) is 8.50. The Hall–Kier alpha value is -1.84. The van der Waals surface area contributed by atoms with Crippen LogP contribution in [-0.2, 0) is 16.0 Å². The van der Waals surface area contributed by atoms with Gasteiger partial charge in [-0.1, -0.05) is 7.43 Å². The molecule has 2 aliphatic rings. The summed E-state index contributed by atoms with van der Waals surface area (Å²) in [5.74, 6) is 1.14. The van der Waals surface area contributed by atoms with Crippen LogP contribution in [0.25, 0.3) is 0 Å². The number of anilines is 2. The molecule has 7 nitrogen and oxygen atoms in total. The number of nitrogens with one attached hydrogen (secondary N) is 2. The van der Waals surface area contributed by atoms with Gasteiger partial charge in [0.2, 0.25) is 11.8 Å². The lowest BCUT2D eigenvalue weighted by Gasteiger charge is -2.09. The van der Waals surface area contributed by atoms with E-state index < -0.39 is 6.10 Å². The van der Waals surface area contributed by atoms with E-state index in [9.17, 15) is 14.7 Å². The van der Waals surface area contributed by atoms with Gasteiger partial charge in [0.15, 0.2) is 0 Å². The van der Waals surface area contributed by atoms with Crippen LogP contribution in [0.4, 0.5) is 11.6 Å². The standard InChI is InChI=1S/C9H9BrN2O2.C9H9BrN2O.CH4/c10-5-3-6-7(13)1-2-8(14)12-9(6)11-4-5;10-7-4-6-2-1-3-8(13)12-9(6)11-5-7;/h3-4,7,13H,1-2H2,(H,11,12,14);4-5H,1-3H2,(H,11,12,13);1H4. The third-order valence-electron chi connectivity index (χ3n) is 4.19. The van der Waals surface area contributed by atoms with Gasteiger partial charge in [-0.25, -0.2) is 9.97 Å². The van der Waals surface area contributed by atoms with Crippen LogP contribution in [0, 0.1) is 0 Å². The number of carbonyl (C=O) groups is 2. The molecule has 0 aromatic carbocycles. The zero-order chi connectivity index (χ0) is 19.4. The lowest BCUT2D eigenvalue weighted by molar-refractivity contribution is -0.117. The van der Waals surface area contributed by atoms with Gasteiger partial charge in [-0.2, -0.15) is 0 Å². The van der Waals surface area contributed by atoms with Crippen molar-refractivity contribution in [3.8, 4) is 0 Å². The van der Waals surface area contributed by atoms with Crippen molar-refractivity contribution in [2.75, 3.05) is 10.6 Å². The smallest absolute Gasteiger partial charge is 0.225 e. The summed E-state index contributed by atoms with van der Waals surface area (Å²) < 4.78 is 1.76. The van der Waals surface area contributed by atoms with Crippen molar-refractivity contribution < 1.29 is 14.7 Å². The molecule has 4 rings (SSSR count). The van der Waals surface area contributed by atoms with Crippen molar-refractivity contribution in [3.63, 3.8) is 0 Å². The van der Waals surface area contributed by atoms with E-state index in [-0.39, 0.29) is 19.2 Å². The number of pyridine rings is 2. The Morgan fingerprint density at radius 3 is 2.29 bits per heavy atom. The summed E-state index contributed by atoms with van der Waals surface area (Å²) in [7, 11) is 0. The second-order valence-electron chi connectivity index (χ2n) is 6.26. The summed E-state index contributed by atoms with van der Waals surface area (Å²) in [4.78, 5) is 30.6. The zero-order valence-electron chi connectivity index (χ0n) is 14.3. The van der Waals surface area contributed by atoms with Gasteiger partial charge < -0.3 is 15.7 Å². The van der Waals surface area contributed by atoms with Crippen LogP contribution in [0.5, 0.6) is 0 Å². The molecule has 0 saturated carbocycles. The number of rotatable bonds is 0.